The monoisotopic (exact) mass is 273 g/mol. The predicted molar refractivity (Wildman–Crippen MR) is 67.6 cm³/mol. The Morgan fingerprint density at radius 3 is 2.89 bits per heavy atom. The summed E-state index contributed by atoms with van der Waals surface area (Å²) in [4.78, 5) is 4.25. The summed E-state index contributed by atoms with van der Waals surface area (Å²) in [7, 11) is -1.30. The maximum absolute atomic E-state index is 11.8. The second kappa shape index (κ2) is 4.99. The van der Waals surface area contributed by atoms with Gasteiger partial charge in [0.2, 0.25) is 10.0 Å². The van der Waals surface area contributed by atoms with Crippen molar-refractivity contribution in [2.24, 2.45) is 7.05 Å². The molecule has 0 bridgehead atoms. The van der Waals surface area contributed by atoms with E-state index in [1.165, 1.54) is 10.6 Å². The molecule has 0 spiro atoms. The Balaban J connectivity index is 2.29. The fraction of sp³-hybridized carbons (Fsp3) is 0.727. The van der Waals surface area contributed by atoms with Crippen LogP contribution in [0.2, 0.25) is 0 Å². The fourth-order valence-electron chi connectivity index (χ4n) is 2.28. The highest BCUT2D eigenvalue weighted by Gasteiger charge is 2.34. The lowest BCUT2D eigenvalue weighted by Gasteiger charge is -2.33. The number of ether oxygens (including phenoxy) is 1. The minimum absolute atomic E-state index is 0.136. The molecule has 1 aromatic heterocycles. The first-order chi connectivity index (χ1) is 8.43. The second-order valence-corrected chi connectivity index (χ2v) is 6.51. The molecule has 0 fully saturated rings. The van der Waals surface area contributed by atoms with Crippen LogP contribution in [0, 0.1) is 0 Å². The molecule has 0 saturated heterocycles. The lowest BCUT2D eigenvalue weighted by Crippen LogP contribution is -2.46. The summed E-state index contributed by atoms with van der Waals surface area (Å²) < 4.78 is 32.5. The van der Waals surface area contributed by atoms with E-state index in [1.54, 1.807) is 6.33 Å². The van der Waals surface area contributed by atoms with Crippen LogP contribution in [0.4, 0.5) is 0 Å². The Kier molecular flexibility index (Phi) is 3.74. The van der Waals surface area contributed by atoms with Crippen molar-refractivity contribution < 1.29 is 13.2 Å². The molecule has 0 aromatic carbocycles. The molecule has 0 saturated carbocycles. The number of fused-ring (bicyclic) bond motifs is 1. The van der Waals surface area contributed by atoms with Crippen molar-refractivity contribution in [3.63, 3.8) is 0 Å². The Hall–Kier alpha value is -0.920. The van der Waals surface area contributed by atoms with Crippen LogP contribution in [0.1, 0.15) is 18.3 Å². The van der Waals surface area contributed by atoms with Gasteiger partial charge in [0.1, 0.15) is 0 Å². The van der Waals surface area contributed by atoms with Crippen molar-refractivity contribution in [2.45, 2.75) is 25.9 Å². The third kappa shape index (κ3) is 2.57. The Labute approximate surface area is 108 Å². The first-order valence-corrected chi connectivity index (χ1v) is 7.82. The molecule has 1 aliphatic rings. The van der Waals surface area contributed by atoms with E-state index in [0.29, 0.717) is 26.2 Å². The van der Waals surface area contributed by atoms with Gasteiger partial charge in [-0.3, -0.25) is 0 Å². The van der Waals surface area contributed by atoms with Crippen molar-refractivity contribution in [2.75, 3.05) is 19.5 Å². The van der Waals surface area contributed by atoms with Gasteiger partial charge in [-0.25, -0.2) is 13.4 Å². The predicted octanol–water partition coefficient (Wildman–Crippen LogP) is 0.143. The first kappa shape index (κ1) is 13.5. The molecule has 0 unspecified atom stereocenters. The van der Waals surface area contributed by atoms with Gasteiger partial charge in [0.15, 0.2) is 0 Å². The lowest BCUT2D eigenvalue weighted by molar-refractivity contribution is 0.0905. The van der Waals surface area contributed by atoms with Gasteiger partial charge in [-0.15, -0.1) is 0 Å². The molecule has 0 N–H and O–H groups in total. The minimum Gasteiger partial charge on any atom is -0.380 e. The van der Waals surface area contributed by atoms with Crippen molar-refractivity contribution in [3.05, 3.63) is 17.7 Å². The van der Waals surface area contributed by atoms with Crippen LogP contribution in [0.5, 0.6) is 0 Å². The average molecular weight is 273 g/mol. The molecule has 18 heavy (non-hydrogen) atoms. The number of nitrogens with zero attached hydrogens (tertiary/aromatic N) is 3. The molecule has 0 aliphatic carbocycles. The Morgan fingerprint density at radius 2 is 2.28 bits per heavy atom. The number of hydrogen-bond acceptors (Lipinski definition) is 4. The topological polar surface area (TPSA) is 64.4 Å². The third-order valence-electron chi connectivity index (χ3n) is 3.23. The van der Waals surface area contributed by atoms with Gasteiger partial charge >= 0.3 is 0 Å². The third-order valence-corrected chi connectivity index (χ3v) is 4.51. The van der Waals surface area contributed by atoms with Crippen LogP contribution in [-0.4, -0.2) is 47.8 Å². The summed E-state index contributed by atoms with van der Waals surface area (Å²) >= 11 is 0. The molecular weight excluding hydrogens is 254 g/mol. The van der Waals surface area contributed by atoms with Crippen LogP contribution in [0.15, 0.2) is 6.33 Å². The maximum atomic E-state index is 11.8. The fourth-order valence-corrected chi connectivity index (χ4v) is 3.32. The molecule has 7 heteroatoms. The normalized spacial score (nSPS) is 20.9. The van der Waals surface area contributed by atoms with Crippen molar-refractivity contribution in [1.29, 1.82) is 0 Å². The standard InChI is InChI=1S/C11H19N3O3S/c1-4-17-7-9-5-11-10(12-8-13(11)2)6-14(9)18(3,15)16/h8-9H,4-7H2,1-3H3/t9-/m1/s1. The SMILES string of the molecule is CCOC[C@H]1Cc2c(ncn2C)CN1S(C)(=O)=O. The summed E-state index contributed by atoms with van der Waals surface area (Å²) in [6.45, 7) is 3.26. The molecule has 102 valence electrons. The summed E-state index contributed by atoms with van der Waals surface area (Å²) in [6.07, 6.45) is 3.62. The van der Waals surface area contributed by atoms with Crippen molar-refractivity contribution in [3.8, 4) is 0 Å². The van der Waals surface area contributed by atoms with Gasteiger partial charge in [-0.1, -0.05) is 0 Å². The zero-order chi connectivity index (χ0) is 13.3. The van der Waals surface area contributed by atoms with Crippen LogP contribution in [0.25, 0.3) is 0 Å². The summed E-state index contributed by atoms with van der Waals surface area (Å²) in [5.41, 5.74) is 1.94. The lowest BCUT2D eigenvalue weighted by atomic mass is 10.1. The molecular formula is C11H19N3O3S. The highest BCUT2D eigenvalue weighted by molar-refractivity contribution is 7.88. The van der Waals surface area contributed by atoms with Gasteiger partial charge in [-0.05, 0) is 6.92 Å². The van der Waals surface area contributed by atoms with E-state index in [9.17, 15) is 8.42 Å². The van der Waals surface area contributed by atoms with Crippen molar-refractivity contribution in [1.82, 2.24) is 13.9 Å². The number of rotatable bonds is 4. The summed E-state index contributed by atoms with van der Waals surface area (Å²) in [5, 5.41) is 0. The molecule has 2 rings (SSSR count). The van der Waals surface area contributed by atoms with E-state index < -0.39 is 10.0 Å². The average Bonchev–Trinajstić information content (AvgIpc) is 2.66. The molecule has 0 radical (unpaired) electrons. The quantitative estimate of drug-likeness (QED) is 0.783. The number of sulfonamides is 1. The number of hydrogen-bond donors (Lipinski definition) is 0. The molecule has 1 atom stereocenters. The van der Waals surface area contributed by atoms with E-state index in [2.05, 4.69) is 4.98 Å². The van der Waals surface area contributed by atoms with Crippen molar-refractivity contribution >= 4 is 10.0 Å². The van der Waals surface area contributed by atoms with Gasteiger partial charge < -0.3 is 9.30 Å². The van der Waals surface area contributed by atoms with E-state index in [0.717, 1.165) is 11.4 Å². The summed E-state index contributed by atoms with van der Waals surface area (Å²) in [5.74, 6) is 0. The number of imidazole rings is 1. The molecule has 6 nitrogen and oxygen atoms in total. The molecule has 1 aromatic rings. The molecule has 1 aliphatic heterocycles. The van der Waals surface area contributed by atoms with E-state index in [-0.39, 0.29) is 6.04 Å². The van der Waals surface area contributed by atoms with Gasteiger partial charge in [-0.2, -0.15) is 4.31 Å². The van der Waals surface area contributed by atoms with E-state index >= 15 is 0 Å². The highest BCUT2D eigenvalue weighted by Crippen LogP contribution is 2.24. The molecule has 2 heterocycles. The van der Waals surface area contributed by atoms with Crippen LogP contribution in [0.3, 0.4) is 0 Å². The second-order valence-electron chi connectivity index (χ2n) is 4.57. The van der Waals surface area contributed by atoms with Crippen LogP contribution < -0.4 is 0 Å². The molecule has 0 amide bonds. The summed E-state index contributed by atoms with van der Waals surface area (Å²) in [6, 6.07) is -0.136. The zero-order valence-electron chi connectivity index (χ0n) is 11.0. The van der Waals surface area contributed by atoms with E-state index in [4.69, 9.17) is 4.74 Å². The van der Waals surface area contributed by atoms with Gasteiger partial charge in [0.05, 0.1) is 37.5 Å². The zero-order valence-corrected chi connectivity index (χ0v) is 11.8. The largest absolute Gasteiger partial charge is 0.380 e. The first-order valence-electron chi connectivity index (χ1n) is 5.97. The number of aryl methyl sites for hydroxylation is 1. The van der Waals surface area contributed by atoms with Gasteiger partial charge in [0, 0.05) is 25.8 Å². The Morgan fingerprint density at radius 1 is 1.56 bits per heavy atom. The smallest absolute Gasteiger partial charge is 0.211 e. The van der Waals surface area contributed by atoms with Crippen LogP contribution >= 0.6 is 0 Å². The van der Waals surface area contributed by atoms with E-state index in [1.807, 2.05) is 18.5 Å². The van der Waals surface area contributed by atoms with Gasteiger partial charge in [0.25, 0.3) is 0 Å². The van der Waals surface area contributed by atoms with Crippen LogP contribution in [-0.2, 0) is 34.8 Å². The Bertz CT molecular complexity index is 524. The highest BCUT2D eigenvalue weighted by atomic mass is 32.2. The maximum Gasteiger partial charge on any atom is 0.211 e. The number of aromatic nitrogens is 2. The minimum atomic E-state index is -3.23.